The fourth-order valence-electron chi connectivity index (χ4n) is 4.90. The number of hydrogen-bond acceptors (Lipinski definition) is 13. The molecule has 4 N–H and O–H groups in total. The summed E-state index contributed by atoms with van der Waals surface area (Å²) in [5, 5.41) is 11.4. The van der Waals surface area contributed by atoms with Crippen molar-refractivity contribution in [3.8, 4) is 42.8 Å². The van der Waals surface area contributed by atoms with Crippen LogP contribution < -0.4 is 30.7 Å². The van der Waals surface area contributed by atoms with Gasteiger partial charge in [-0.15, -0.1) is 19.3 Å². The normalized spacial score (nSPS) is 11.9. The molecule has 1 aromatic carbocycles. The molecule has 0 fully saturated rings. The summed E-state index contributed by atoms with van der Waals surface area (Å²) in [4.78, 5) is 64.8. The van der Waals surface area contributed by atoms with Crippen LogP contribution in [0, 0.1) is 37.0 Å². The molecule has 0 aliphatic rings. The van der Waals surface area contributed by atoms with Crippen LogP contribution >= 0.6 is 6.49 Å². The van der Waals surface area contributed by atoms with Crippen LogP contribution in [0.4, 0.5) is 0 Å². The van der Waals surface area contributed by atoms with Crippen molar-refractivity contribution < 1.29 is 57.0 Å². The maximum atomic E-state index is 13.8. The van der Waals surface area contributed by atoms with E-state index >= 15 is 0 Å². The number of ether oxygens (including phenoxy) is 6. The number of terminal acetylenes is 3. The van der Waals surface area contributed by atoms with E-state index in [-0.39, 0.29) is 127 Å². The summed E-state index contributed by atoms with van der Waals surface area (Å²) in [5.41, 5.74) is -0.978. The summed E-state index contributed by atoms with van der Waals surface area (Å²) in [7, 11) is 0. The predicted octanol–water partition coefficient (Wildman–Crippen LogP) is 0.522. The molecule has 0 bridgehead atoms. The zero-order chi connectivity index (χ0) is 42.0. The lowest BCUT2D eigenvalue weighted by molar-refractivity contribution is -0.173. The molecule has 4 amide bonds. The molecule has 0 saturated carbocycles. The third kappa shape index (κ3) is 28.1. The van der Waals surface area contributed by atoms with Gasteiger partial charge in [-0.3, -0.25) is 19.2 Å². The number of nitrogens with one attached hydrogen (secondary N) is 4. The fourth-order valence-corrected chi connectivity index (χ4v) is 5.66. The van der Waals surface area contributed by atoms with Crippen LogP contribution in [0.3, 0.4) is 0 Å². The van der Waals surface area contributed by atoms with E-state index in [0.717, 1.165) is 0 Å². The molecule has 0 aromatic heterocycles. The molecule has 57 heavy (non-hydrogen) atoms. The number of amides is 4. The molecule has 316 valence electrons. The highest BCUT2D eigenvalue weighted by atomic mass is 32.5. The van der Waals surface area contributed by atoms with E-state index in [1.165, 1.54) is 30.9 Å². The standard InChI is InChI=1S/C39H57N4O12PS/c1-5-21-49-27-30-52-24-18-40-35(44)12-15-39(16-13-36(45)41-19-25-53-31-28-50-22-6-2,17-14-37(46)42-20-26-54-32-29-51-23-7-3)43-38(47)33-8-10-34(11-9-33)55-56(4,48)57/h1-3,8-11H,12-32H2,4H3,(H,40,44)(H,41,45)(H,42,46)(H,43,47)(H,48,57)/p-1. The van der Waals surface area contributed by atoms with E-state index in [4.69, 9.17) is 64.0 Å². The summed E-state index contributed by atoms with van der Waals surface area (Å²) < 4.78 is 37.1. The molecular weight excluding hydrogens is 779 g/mol. The lowest BCUT2D eigenvalue weighted by atomic mass is 9.82. The molecule has 1 aromatic rings. The molecule has 1 atom stereocenters. The molecule has 1 unspecified atom stereocenters. The van der Waals surface area contributed by atoms with Crippen molar-refractivity contribution in [2.24, 2.45) is 0 Å². The van der Waals surface area contributed by atoms with Gasteiger partial charge < -0.3 is 59.1 Å². The van der Waals surface area contributed by atoms with Crippen LogP contribution in [0.2, 0.25) is 0 Å². The predicted molar refractivity (Wildman–Crippen MR) is 216 cm³/mol. The van der Waals surface area contributed by atoms with Crippen LogP contribution in [0.5, 0.6) is 5.75 Å². The summed E-state index contributed by atoms with van der Waals surface area (Å²) in [5.74, 6) is 5.81. The molecule has 0 spiro atoms. The molecule has 0 aliphatic heterocycles. The Labute approximate surface area is 341 Å². The van der Waals surface area contributed by atoms with Crippen molar-refractivity contribution in [2.45, 2.75) is 44.1 Å². The third-order valence-corrected chi connectivity index (χ3v) is 8.40. The zero-order valence-electron chi connectivity index (χ0n) is 32.6. The second kappa shape index (κ2) is 32.0. The largest absolute Gasteiger partial charge is 0.792 e. The Bertz CT molecular complexity index is 1390. The van der Waals surface area contributed by atoms with Gasteiger partial charge in [-0.1, -0.05) is 29.6 Å². The van der Waals surface area contributed by atoms with Crippen molar-refractivity contribution >= 4 is 41.9 Å². The fraction of sp³-hybridized carbons (Fsp3) is 0.590. The molecule has 0 heterocycles. The Morgan fingerprint density at radius 3 is 1.32 bits per heavy atom. The summed E-state index contributed by atoms with van der Waals surface area (Å²) in [6.07, 6.45) is 15.6. The Hall–Kier alpha value is -4.05. The molecule has 1 rings (SSSR count). The number of hydrogen-bond donors (Lipinski definition) is 4. The van der Waals surface area contributed by atoms with Crippen molar-refractivity contribution in [1.82, 2.24) is 21.3 Å². The average Bonchev–Trinajstić information content (AvgIpc) is 3.18. The van der Waals surface area contributed by atoms with Gasteiger partial charge in [0.05, 0.1) is 59.5 Å². The first kappa shape index (κ1) is 51.0. The van der Waals surface area contributed by atoms with Gasteiger partial charge in [0.2, 0.25) is 17.7 Å². The van der Waals surface area contributed by atoms with Gasteiger partial charge in [0.1, 0.15) is 25.6 Å². The van der Waals surface area contributed by atoms with E-state index in [2.05, 4.69) is 39.0 Å². The first-order chi connectivity index (χ1) is 27.4. The molecular formula is C39H56N4O12PS-. The van der Waals surface area contributed by atoms with Crippen LogP contribution in [0.1, 0.15) is 48.9 Å². The van der Waals surface area contributed by atoms with Gasteiger partial charge in [0.15, 0.2) is 0 Å². The first-order valence-corrected chi connectivity index (χ1v) is 21.5. The van der Waals surface area contributed by atoms with Crippen molar-refractivity contribution in [1.29, 1.82) is 0 Å². The van der Waals surface area contributed by atoms with Gasteiger partial charge >= 0.3 is 0 Å². The van der Waals surface area contributed by atoms with E-state index < -0.39 is 17.9 Å². The molecule has 0 aliphatic carbocycles. The lowest BCUT2D eigenvalue weighted by Gasteiger charge is -2.35. The highest BCUT2D eigenvalue weighted by Gasteiger charge is 2.34. The van der Waals surface area contributed by atoms with E-state index in [0.29, 0.717) is 39.6 Å². The van der Waals surface area contributed by atoms with Gasteiger partial charge in [-0.25, -0.2) is 0 Å². The minimum Gasteiger partial charge on any atom is -0.792 e. The van der Waals surface area contributed by atoms with Crippen LogP contribution in [-0.2, 0) is 54.6 Å². The Morgan fingerprint density at radius 2 is 0.982 bits per heavy atom. The van der Waals surface area contributed by atoms with Gasteiger partial charge in [-0.05, 0) is 50.2 Å². The number of carbonyl (C=O) groups is 4. The highest BCUT2D eigenvalue weighted by Crippen LogP contribution is 2.34. The molecule has 0 saturated heterocycles. The quantitative estimate of drug-likeness (QED) is 0.0426. The second-order valence-electron chi connectivity index (χ2n) is 12.3. The monoisotopic (exact) mass is 835 g/mol. The maximum absolute atomic E-state index is 13.8. The maximum Gasteiger partial charge on any atom is 0.251 e. The smallest absolute Gasteiger partial charge is 0.251 e. The summed E-state index contributed by atoms with van der Waals surface area (Å²) in [6.45, 7) is 1.76. The number of benzene rings is 1. The minimum atomic E-state index is -3.26. The van der Waals surface area contributed by atoms with E-state index in [1.54, 1.807) is 0 Å². The van der Waals surface area contributed by atoms with Crippen LogP contribution in [-0.4, -0.2) is 135 Å². The van der Waals surface area contributed by atoms with Crippen molar-refractivity contribution in [2.75, 3.05) is 106 Å². The van der Waals surface area contributed by atoms with Gasteiger partial charge in [0.25, 0.3) is 5.91 Å². The highest BCUT2D eigenvalue weighted by molar-refractivity contribution is 8.08. The first-order valence-electron chi connectivity index (χ1n) is 18.4. The molecule has 0 radical (unpaired) electrons. The van der Waals surface area contributed by atoms with Crippen molar-refractivity contribution in [3.05, 3.63) is 29.8 Å². The molecule has 16 nitrogen and oxygen atoms in total. The second-order valence-corrected chi connectivity index (χ2v) is 16.0. The van der Waals surface area contributed by atoms with Gasteiger partial charge in [0, 0.05) is 56.5 Å². The van der Waals surface area contributed by atoms with Crippen molar-refractivity contribution in [3.63, 3.8) is 0 Å². The molecule has 18 heteroatoms. The number of rotatable bonds is 34. The van der Waals surface area contributed by atoms with E-state index in [1.807, 2.05) is 0 Å². The Kier molecular flexibility index (Phi) is 28.6. The zero-order valence-corrected chi connectivity index (χ0v) is 34.4. The lowest BCUT2D eigenvalue weighted by Crippen LogP contribution is -2.50. The Balaban J connectivity index is 3.08. The topological polar surface area (TPSA) is 204 Å². The minimum absolute atomic E-state index is 0.0443. The Morgan fingerprint density at radius 1 is 0.632 bits per heavy atom. The van der Waals surface area contributed by atoms with Gasteiger partial charge in [-0.2, -0.15) is 0 Å². The SMILES string of the molecule is C#CCOCCOCCNC(=O)CCC(CCC(=O)NCCOCCOCC#C)(CCC(=O)NCCOCCOCC#C)NC(=O)c1ccc(OP(C)([O-])=S)cc1. The van der Waals surface area contributed by atoms with Crippen LogP contribution in [0.15, 0.2) is 24.3 Å². The number of carbonyl (C=O) groups excluding carboxylic acids is 4. The average molecular weight is 836 g/mol. The third-order valence-electron chi connectivity index (χ3n) is 7.64. The van der Waals surface area contributed by atoms with Crippen LogP contribution in [0.25, 0.3) is 0 Å². The summed E-state index contributed by atoms with van der Waals surface area (Å²) in [6, 6.07) is 5.87. The summed E-state index contributed by atoms with van der Waals surface area (Å²) >= 11 is 4.85. The van der Waals surface area contributed by atoms with E-state index in [9.17, 15) is 24.1 Å².